The van der Waals surface area contributed by atoms with E-state index in [0.717, 1.165) is 13.1 Å². The van der Waals surface area contributed by atoms with E-state index in [-0.39, 0.29) is 5.91 Å². The number of amides is 1. The molecule has 22 heavy (non-hydrogen) atoms. The second kappa shape index (κ2) is 6.15. The SMILES string of the molecule is Cc1cc2c(cc1C)CN(CC(=O)N/N=C\c1ccco1)C2. The van der Waals surface area contributed by atoms with Gasteiger partial charge in [-0.2, -0.15) is 5.10 Å². The van der Waals surface area contributed by atoms with Crippen LogP contribution in [0.1, 0.15) is 28.0 Å². The molecule has 0 saturated heterocycles. The van der Waals surface area contributed by atoms with Crippen LogP contribution in [0, 0.1) is 13.8 Å². The van der Waals surface area contributed by atoms with Crippen molar-refractivity contribution < 1.29 is 9.21 Å². The minimum Gasteiger partial charge on any atom is -0.463 e. The predicted octanol–water partition coefficient (Wildman–Crippen LogP) is 2.36. The molecule has 2 aromatic rings. The normalized spacial score (nSPS) is 14.5. The van der Waals surface area contributed by atoms with Gasteiger partial charge in [-0.25, -0.2) is 5.43 Å². The fourth-order valence-corrected chi connectivity index (χ4v) is 2.65. The zero-order chi connectivity index (χ0) is 15.5. The summed E-state index contributed by atoms with van der Waals surface area (Å²) in [6, 6.07) is 7.99. The van der Waals surface area contributed by atoms with Crippen LogP contribution in [0.2, 0.25) is 0 Å². The Morgan fingerprint density at radius 3 is 2.59 bits per heavy atom. The number of hydrogen-bond donors (Lipinski definition) is 1. The number of benzene rings is 1. The highest BCUT2D eigenvalue weighted by atomic mass is 16.3. The van der Waals surface area contributed by atoms with E-state index >= 15 is 0 Å². The number of aryl methyl sites for hydroxylation is 2. The van der Waals surface area contributed by atoms with Crippen molar-refractivity contribution in [3.63, 3.8) is 0 Å². The largest absolute Gasteiger partial charge is 0.463 e. The lowest BCUT2D eigenvalue weighted by molar-refractivity contribution is -0.122. The number of nitrogens with one attached hydrogen (secondary N) is 1. The second-order valence-electron chi connectivity index (χ2n) is 5.66. The number of nitrogens with zero attached hydrogens (tertiary/aromatic N) is 2. The van der Waals surface area contributed by atoms with Crippen molar-refractivity contribution in [2.24, 2.45) is 5.10 Å². The third-order valence-electron chi connectivity index (χ3n) is 3.90. The van der Waals surface area contributed by atoms with E-state index in [2.05, 4.69) is 41.4 Å². The summed E-state index contributed by atoms with van der Waals surface area (Å²) in [6.07, 6.45) is 3.05. The number of fused-ring (bicyclic) bond motifs is 1. The highest BCUT2D eigenvalue weighted by molar-refractivity contribution is 5.81. The zero-order valence-corrected chi connectivity index (χ0v) is 12.8. The second-order valence-corrected chi connectivity index (χ2v) is 5.66. The van der Waals surface area contributed by atoms with Gasteiger partial charge in [-0.15, -0.1) is 0 Å². The first kappa shape index (κ1) is 14.5. The van der Waals surface area contributed by atoms with Crippen LogP contribution in [-0.2, 0) is 17.9 Å². The Bertz CT molecular complexity index is 674. The molecule has 0 atom stereocenters. The van der Waals surface area contributed by atoms with Crippen LogP contribution < -0.4 is 5.43 Å². The first-order valence-corrected chi connectivity index (χ1v) is 7.28. The maximum Gasteiger partial charge on any atom is 0.254 e. The summed E-state index contributed by atoms with van der Waals surface area (Å²) in [7, 11) is 0. The minimum absolute atomic E-state index is 0.121. The van der Waals surface area contributed by atoms with Crippen LogP contribution in [0.25, 0.3) is 0 Å². The third-order valence-corrected chi connectivity index (χ3v) is 3.90. The van der Waals surface area contributed by atoms with Crippen LogP contribution in [0.5, 0.6) is 0 Å². The molecule has 0 unspecified atom stereocenters. The van der Waals surface area contributed by atoms with Gasteiger partial charge in [0.25, 0.3) is 5.91 Å². The summed E-state index contributed by atoms with van der Waals surface area (Å²) in [5.74, 6) is 0.490. The average Bonchev–Trinajstić information content (AvgIpc) is 3.09. The van der Waals surface area contributed by atoms with Crippen molar-refractivity contribution in [1.82, 2.24) is 10.3 Å². The number of rotatable bonds is 4. The Labute approximate surface area is 129 Å². The van der Waals surface area contributed by atoms with Gasteiger partial charge in [0.05, 0.1) is 19.0 Å². The van der Waals surface area contributed by atoms with E-state index in [4.69, 9.17) is 4.42 Å². The van der Waals surface area contributed by atoms with E-state index in [0.29, 0.717) is 12.3 Å². The minimum atomic E-state index is -0.121. The fraction of sp³-hybridized carbons (Fsp3) is 0.294. The summed E-state index contributed by atoms with van der Waals surface area (Å²) in [4.78, 5) is 14.0. The molecule has 1 N–H and O–H groups in total. The maximum absolute atomic E-state index is 11.9. The van der Waals surface area contributed by atoms with E-state index in [9.17, 15) is 4.79 Å². The van der Waals surface area contributed by atoms with E-state index in [1.807, 2.05) is 0 Å². The van der Waals surface area contributed by atoms with Crippen molar-refractivity contribution in [2.45, 2.75) is 26.9 Å². The van der Waals surface area contributed by atoms with Gasteiger partial charge in [-0.05, 0) is 48.2 Å². The molecule has 1 aliphatic rings. The highest BCUT2D eigenvalue weighted by Crippen LogP contribution is 2.25. The zero-order valence-electron chi connectivity index (χ0n) is 12.8. The van der Waals surface area contributed by atoms with Crippen LogP contribution in [0.15, 0.2) is 40.0 Å². The number of carbonyl (C=O) groups excluding carboxylic acids is 1. The number of hydrogen-bond acceptors (Lipinski definition) is 4. The molecule has 1 aromatic heterocycles. The average molecular weight is 297 g/mol. The van der Waals surface area contributed by atoms with Gasteiger partial charge >= 0.3 is 0 Å². The molecule has 2 heterocycles. The molecule has 0 fully saturated rings. The van der Waals surface area contributed by atoms with Gasteiger partial charge < -0.3 is 4.42 Å². The lowest BCUT2D eigenvalue weighted by Crippen LogP contribution is -2.32. The molecule has 0 bridgehead atoms. The molecular formula is C17H19N3O2. The molecule has 114 valence electrons. The van der Waals surface area contributed by atoms with E-state index in [1.54, 1.807) is 18.4 Å². The Morgan fingerprint density at radius 1 is 1.32 bits per heavy atom. The van der Waals surface area contributed by atoms with Gasteiger partial charge in [0, 0.05) is 13.1 Å². The molecule has 0 radical (unpaired) electrons. The van der Waals surface area contributed by atoms with Crippen LogP contribution in [0.4, 0.5) is 0 Å². The third kappa shape index (κ3) is 3.26. The Kier molecular flexibility index (Phi) is 4.06. The summed E-state index contributed by atoms with van der Waals surface area (Å²) < 4.78 is 5.10. The fourth-order valence-electron chi connectivity index (χ4n) is 2.65. The quantitative estimate of drug-likeness (QED) is 0.696. The molecule has 0 aliphatic carbocycles. The molecule has 0 saturated carbocycles. The lowest BCUT2D eigenvalue weighted by Gasteiger charge is -2.12. The van der Waals surface area contributed by atoms with E-state index < -0.39 is 0 Å². The first-order valence-electron chi connectivity index (χ1n) is 7.28. The highest BCUT2D eigenvalue weighted by Gasteiger charge is 2.21. The summed E-state index contributed by atoms with van der Waals surface area (Å²) in [5, 5.41) is 3.89. The smallest absolute Gasteiger partial charge is 0.254 e. The number of furan rings is 1. The summed E-state index contributed by atoms with van der Waals surface area (Å²) in [5.41, 5.74) is 7.75. The lowest BCUT2D eigenvalue weighted by atomic mass is 10.0. The van der Waals surface area contributed by atoms with Crippen molar-refractivity contribution in [1.29, 1.82) is 0 Å². The monoisotopic (exact) mass is 297 g/mol. The first-order chi connectivity index (χ1) is 10.6. The molecule has 1 aliphatic heterocycles. The molecule has 5 nitrogen and oxygen atoms in total. The van der Waals surface area contributed by atoms with Crippen molar-refractivity contribution >= 4 is 12.1 Å². The van der Waals surface area contributed by atoms with Gasteiger partial charge in [-0.1, -0.05) is 12.1 Å². The maximum atomic E-state index is 11.9. The molecule has 0 spiro atoms. The van der Waals surface area contributed by atoms with Crippen LogP contribution >= 0.6 is 0 Å². The van der Waals surface area contributed by atoms with Crippen molar-refractivity contribution in [3.8, 4) is 0 Å². The van der Waals surface area contributed by atoms with Gasteiger partial charge in [0.15, 0.2) is 0 Å². The van der Waals surface area contributed by atoms with Gasteiger partial charge in [0.2, 0.25) is 0 Å². The van der Waals surface area contributed by atoms with Crippen molar-refractivity contribution in [3.05, 3.63) is 58.5 Å². The van der Waals surface area contributed by atoms with Gasteiger partial charge in [-0.3, -0.25) is 9.69 Å². The Balaban J connectivity index is 1.53. The Morgan fingerprint density at radius 2 is 2.00 bits per heavy atom. The van der Waals surface area contributed by atoms with Crippen molar-refractivity contribution in [2.75, 3.05) is 6.54 Å². The van der Waals surface area contributed by atoms with Crippen LogP contribution in [-0.4, -0.2) is 23.6 Å². The number of carbonyl (C=O) groups is 1. The van der Waals surface area contributed by atoms with Crippen LogP contribution in [0.3, 0.4) is 0 Å². The molecular weight excluding hydrogens is 278 g/mol. The Hall–Kier alpha value is -2.40. The molecule has 1 amide bonds. The molecule has 1 aromatic carbocycles. The molecule has 3 rings (SSSR count). The summed E-state index contributed by atoms with van der Waals surface area (Å²) >= 11 is 0. The summed E-state index contributed by atoms with van der Waals surface area (Å²) in [6.45, 7) is 6.20. The number of hydrazone groups is 1. The standard InChI is InChI=1S/C17H19N3O2/c1-12-6-14-9-20(10-15(14)7-13(12)2)11-17(21)19-18-8-16-4-3-5-22-16/h3-8H,9-11H2,1-2H3,(H,19,21)/b18-8-. The topological polar surface area (TPSA) is 57.8 Å². The molecule has 5 heteroatoms. The predicted molar refractivity (Wildman–Crippen MR) is 84.5 cm³/mol. The van der Waals surface area contributed by atoms with E-state index in [1.165, 1.54) is 28.5 Å². The van der Waals surface area contributed by atoms with Gasteiger partial charge in [0.1, 0.15) is 5.76 Å².